The van der Waals surface area contributed by atoms with Gasteiger partial charge in [-0.05, 0) is 67.1 Å². The number of hydrogen-bond acceptors (Lipinski definition) is 4. The Kier molecular flexibility index (Phi) is 5.98. The van der Waals surface area contributed by atoms with Crippen LogP contribution in [0.15, 0.2) is 42.5 Å². The van der Waals surface area contributed by atoms with Gasteiger partial charge in [-0.3, -0.25) is 9.59 Å². The number of nitrogens with two attached hydrogens (primary N) is 1. The van der Waals surface area contributed by atoms with Crippen molar-refractivity contribution in [3.8, 4) is 6.07 Å². The molecule has 0 saturated carbocycles. The Hall–Kier alpha value is -3.61. The van der Waals surface area contributed by atoms with Gasteiger partial charge in [0.25, 0.3) is 5.91 Å². The summed E-state index contributed by atoms with van der Waals surface area (Å²) in [4.78, 5) is 28.4. The van der Waals surface area contributed by atoms with Crippen LogP contribution in [0, 0.1) is 22.6 Å². The predicted molar refractivity (Wildman–Crippen MR) is 115 cm³/mol. The smallest absolute Gasteiger partial charge is 0.371 e. The van der Waals surface area contributed by atoms with Crippen molar-refractivity contribution in [2.75, 3.05) is 24.5 Å². The molecule has 2 aliphatic heterocycles. The Morgan fingerprint density at radius 2 is 1.74 bits per heavy atom. The number of anilines is 1. The van der Waals surface area contributed by atoms with Crippen molar-refractivity contribution < 1.29 is 27.2 Å². The van der Waals surface area contributed by atoms with Crippen LogP contribution in [0.5, 0.6) is 0 Å². The van der Waals surface area contributed by atoms with Crippen LogP contribution < -0.4 is 10.6 Å². The number of hydrogen-bond donors (Lipinski definition) is 1. The minimum Gasteiger partial charge on any atom is -0.371 e. The second kappa shape index (κ2) is 8.63. The molecule has 0 aliphatic carbocycles. The second-order valence-corrected chi connectivity index (χ2v) is 8.89. The third-order valence-corrected chi connectivity index (χ3v) is 6.81. The fourth-order valence-corrected chi connectivity index (χ4v) is 4.94. The normalized spacial score (nSPS) is 19.8. The number of primary amides is 1. The van der Waals surface area contributed by atoms with Gasteiger partial charge in [0.05, 0.1) is 17.2 Å². The summed E-state index contributed by atoms with van der Waals surface area (Å²) in [5.74, 6) is -1.52. The Balaban J connectivity index is 1.52. The number of carbonyl (C=O) groups excluding carboxylic acids is 2. The lowest BCUT2D eigenvalue weighted by Gasteiger charge is -2.40. The number of nitrogens with zero attached hydrogens (tertiary/aromatic N) is 3. The molecule has 1 unspecified atom stereocenters. The largest absolute Gasteiger partial charge is 0.417 e. The van der Waals surface area contributed by atoms with Crippen LogP contribution in [-0.4, -0.2) is 42.4 Å². The number of halogens is 4. The summed E-state index contributed by atoms with van der Waals surface area (Å²) in [5.41, 5.74) is 4.40. The molecule has 1 atom stereocenters. The van der Waals surface area contributed by atoms with Crippen LogP contribution in [0.4, 0.5) is 23.2 Å². The van der Waals surface area contributed by atoms with Gasteiger partial charge in [0.2, 0.25) is 5.91 Å². The molecule has 2 heterocycles. The third kappa shape index (κ3) is 4.42. The zero-order chi connectivity index (χ0) is 24.7. The van der Waals surface area contributed by atoms with E-state index in [4.69, 9.17) is 11.0 Å². The highest BCUT2D eigenvalue weighted by Crippen LogP contribution is 2.45. The maximum absolute atomic E-state index is 13.4. The molecule has 10 heteroatoms. The van der Waals surface area contributed by atoms with E-state index in [1.54, 1.807) is 6.07 Å². The molecule has 2 aromatic carbocycles. The number of alkyl halides is 3. The lowest BCUT2D eigenvalue weighted by atomic mass is 9.76. The summed E-state index contributed by atoms with van der Waals surface area (Å²) in [5, 5.41) is 9.01. The summed E-state index contributed by atoms with van der Waals surface area (Å²) in [6.07, 6.45) is -3.18. The molecule has 4 rings (SSSR count). The summed E-state index contributed by atoms with van der Waals surface area (Å²) >= 11 is 0. The third-order valence-electron chi connectivity index (χ3n) is 6.81. The van der Waals surface area contributed by atoms with E-state index in [2.05, 4.69) is 0 Å². The number of benzene rings is 2. The minimum atomic E-state index is -4.64. The predicted octanol–water partition coefficient (Wildman–Crippen LogP) is 3.70. The number of piperidine rings is 1. The molecule has 34 heavy (non-hydrogen) atoms. The van der Waals surface area contributed by atoms with Gasteiger partial charge in [-0.1, -0.05) is 0 Å². The maximum atomic E-state index is 13.4. The molecule has 0 radical (unpaired) electrons. The van der Waals surface area contributed by atoms with Crippen molar-refractivity contribution in [1.82, 2.24) is 4.90 Å². The molecule has 2 fully saturated rings. The molecule has 0 aromatic heterocycles. The molecule has 2 aliphatic rings. The van der Waals surface area contributed by atoms with Gasteiger partial charge < -0.3 is 15.5 Å². The van der Waals surface area contributed by atoms with E-state index < -0.39 is 46.4 Å². The van der Waals surface area contributed by atoms with Gasteiger partial charge in [-0.15, -0.1) is 0 Å². The minimum absolute atomic E-state index is 0.249. The molecule has 2 amide bonds. The fourth-order valence-electron chi connectivity index (χ4n) is 4.94. The average Bonchev–Trinajstić information content (AvgIpc) is 3.18. The summed E-state index contributed by atoms with van der Waals surface area (Å²) in [6.45, 7) is 1.13. The lowest BCUT2D eigenvalue weighted by Crippen LogP contribution is -2.44. The standard InChI is InChI=1S/C24H22F4N4O2/c25-17-4-1-15(2-5-17)22(34)32-14-23(12-20(32)21(30)33)7-9-31(10-8-23)18-6-3-16(13-29)19(11-18)24(26,27)28/h1-6,11,20H,7-10,12,14H2,(H2,30,33). The molecule has 1 spiro atoms. The van der Waals surface area contributed by atoms with Crippen molar-refractivity contribution in [3.05, 3.63) is 65.0 Å². The van der Waals surface area contributed by atoms with E-state index >= 15 is 0 Å². The van der Waals surface area contributed by atoms with Crippen molar-refractivity contribution in [2.24, 2.45) is 11.1 Å². The Morgan fingerprint density at radius 3 is 2.29 bits per heavy atom. The van der Waals surface area contributed by atoms with Crippen LogP contribution in [-0.2, 0) is 11.0 Å². The van der Waals surface area contributed by atoms with Crippen molar-refractivity contribution in [1.29, 1.82) is 5.26 Å². The summed E-state index contributed by atoms with van der Waals surface area (Å²) < 4.78 is 53.3. The van der Waals surface area contributed by atoms with Gasteiger partial charge in [-0.25, -0.2) is 4.39 Å². The van der Waals surface area contributed by atoms with E-state index in [0.717, 1.165) is 6.07 Å². The van der Waals surface area contributed by atoms with Crippen LogP contribution >= 0.6 is 0 Å². The molecule has 2 N–H and O–H groups in total. The summed E-state index contributed by atoms with van der Waals surface area (Å²) in [7, 11) is 0. The number of amides is 2. The molecule has 0 bridgehead atoms. The van der Waals surface area contributed by atoms with Crippen molar-refractivity contribution in [2.45, 2.75) is 31.5 Å². The van der Waals surface area contributed by atoms with E-state index in [1.807, 2.05) is 4.90 Å². The Morgan fingerprint density at radius 1 is 1.09 bits per heavy atom. The number of carbonyl (C=O) groups is 2. The molecule has 2 saturated heterocycles. The second-order valence-electron chi connectivity index (χ2n) is 8.89. The van der Waals surface area contributed by atoms with Gasteiger partial charge in [0.15, 0.2) is 0 Å². The Bertz CT molecular complexity index is 1150. The first-order valence-electron chi connectivity index (χ1n) is 10.8. The first kappa shape index (κ1) is 23.5. The average molecular weight is 474 g/mol. The van der Waals surface area contributed by atoms with E-state index in [9.17, 15) is 27.2 Å². The topological polar surface area (TPSA) is 90.4 Å². The molecule has 2 aromatic rings. The highest BCUT2D eigenvalue weighted by atomic mass is 19.4. The van der Waals surface area contributed by atoms with Gasteiger partial charge >= 0.3 is 6.18 Å². The highest BCUT2D eigenvalue weighted by molar-refractivity contribution is 5.97. The lowest BCUT2D eigenvalue weighted by molar-refractivity contribution is -0.137. The van der Waals surface area contributed by atoms with Gasteiger partial charge in [0, 0.05) is 30.9 Å². The first-order valence-corrected chi connectivity index (χ1v) is 10.8. The molecular weight excluding hydrogens is 452 g/mol. The zero-order valence-electron chi connectivity index (χ0n) is 18.1. The number of nitriles is 1. The number of likely N-dealkylation sites (tertiary alicyclic amines) is 1. The van der Waals surface area contributed by atoms with Gasteiger partial charge in [0.1, 0.15) is 11.9 Å². The van der Waals surface area contributed by atoms with E-state index in [-0.39, 0.29) is 12.1 Å². The van der Waals surface area contributed by atoms with Crippen LogP contribution in [0.25, 0.3) is 0 Å². The van der Waals surface area contributed by atoms with Crippen LogP contribution in [0.3, 0.4) is 0 Å². The highest BCUT2D eigenvalue weighted by Gasteiger charge is 2.49. The maximum Gasteiger partial charge on any atom is 0.417 e. The molecular formula is C24H22F4N4O2. The Labute approximate surface area is 193 Å². The SMILES string of the molecule is N#Cc1ccc(N2CCC3(CC2)CC(C(N)=O)N(C(=O)c2ccc(F)cc2)C3)cc1C(F)(F)F. The van der Waals surface area contributed by atoms with Crippen LogP contribution in [0.1, 0.15) is 40.7 Å². The summed E-state index contributed by atoms with van der Waals surface area (Å²) in [6, 6.07) is 9.47. The molecule has 178 valence electrons. The van der Waals surface area contributed by atoms with Crippen LogP contribution in [0.2, 0.25) is 0 Å². The number of rotatable bonds is 3. The van der Waals surface area contributed by atoms with Crippen molar-refractivity contribution >= 4 is 17.5 Å². The fraction of sp³-hybridized carbons (Fsp3) is 0.375. The van der Waals surface area contributed by atoms with Crippen molar-refractivity contribution in [3.63, 3.8) is 0 Å². The van der Waals surface area contributed by atoms with E-state index in [0.29, 0.717) is 38.0 Å². The van der Waals surface area contributed by atoms with E-state index in [1.165, 1.54) is 41.3 Å². The monoisotopic (exact) mass is 474 g/mol. The molecule has 6 nitrogen and oxygen atoms in total. The first-order chi connectivity index (χ1) is 16.0. The van der Waals surface area contributed by atoms with Gasteiger partial charge in [-0.2, -0.15) is 18.4 Å². The quantitative estimate of drug-likeness (QED) is 0.687. The zero-order valence-corrected chi connectivity index (χ0v) is 18.1.